The number of carbonyl (C=O) groups excluding carboxylic acids is 2. The summed E-state index contributed by atoms with van der Waals surface area (Å²) < 4.78 is 17.8. The summed E-state index contributed by atoms with van der Waals surface area (Å²) in [4.78, 5) is 30.3. The zero-order chi connectivity index (χ0) is 29.8. The number of rotatable bonds is 15. The van der Waals surface area contributed by atoms with Gasteiger partial charge in [-0.25, -0.2) is 9.78 Å². The van der Waals surface area contributed by atoms with Crippen molar-refractivity contribution in [3.8, 4) is 0 Å². The summed E-state index contributed by atoms with van der Waals surface area (Å²) >= 11 is 0. The highest BCUT2D eigenvalue weighted by Gasteiger charge is 2.38. The van der Waals surface area contributed by atoms with E-state index in [4.69, 9.17) is 19.2 Å². The standard InChI is InChI=1S/C34H37N3O5/c1-26(2)32(38)36-31(33(39)42-22-21-41-20-19-40-3)23-30-24-37(25-35-30)34(27-13-7-4-8-14-27,28-15-9-5-10-16-28)29-17-11-6-12-18-29/h4-18,24-25,31H,1,19-23H2,2-3H3,(H,36,38). The van der Waals surface area contributed by atoms with Crippen LogP contribution in [0, 0.1) is 0 Å². The molecule has 1 heterocycles. The van der Waals surface area contributed by atoms with Crippen molar-refractivity contribution in [1.29, 1.82) is 0 Å². The predicted molar refractivity (Wildman–Crippen MR) is 161 cm³/mol. The summed E-state index contributed by atoms with van der Waals surface area (Å²) in [6.45, 7) is 6.40. The lowest BCUT2D eigenvalue weighted by molar-refractivity contribution is -0.149. The van der Waals surface area contributed by atoms with Gasteiger partial charge < -0.3 is 24.1 Å². The molecule has 0 saturated heterocycles. The molecule has 1 unspecified atom stereocenters. The third kappa shape index (κ3) is 7.21. The van der Waals surface area contributed by atoms with Crippen molar-refractivity contribution < 1.29 is 23.8 Å². The normalized spacial score (nSPS) is 12.0. The second-order valence-electron chi connectivity index (χ2n) is 9.86. The molecule has 0 bridgehead atoms. The number of carbonyl (C=O) groups is 2. The average Bonchev–Trinajstić information content (AvgIpc) is 3.49. The number of methoxy groups -OCH3 is 1. The van der Waals surface area contributed by atoms with E-state index < -0.39 is 23.5 Å². The largest absolute Gasteiger partial charge is 0.462 e. The summed E-state index contributed by atoms with van der Waals surface area (Å²) in [5.74, 6) is -1.00. The third-order valence-corrected chi connectivity index (χ3v) is 6.89. The molecule has 0 fully saturated rings. The van der Waals surface area contributed by atoms with E-state index in [9.17, 15) is 9.59 Å². The molecular formula is C34H37N3O5. The van der Waals surface area contributed by atoms with E-state index in [2.05, 4.69) is 52.9 Å². The van der Waals surface area contributed by atoms with Crippen molar-refractivity contribution in [2.24, 2.45) is 0 Å². The van der Waals surface area contributed by atoms with E-state index >= 15 is 0 Å². The topological polar surface area (TPSA) is 91.7 Å². The van der Waals surface area contributed by atoms with Crippen molar-refractivity contribution in [2.75, 3.05) is 33.5 Å². The van der Waals surface area contributed by atoms with Crippen LogP contribution in [0.4, 0.5) is 0 Å². The van der Waals surface area contributed by atoms with Crippen LogP contribution in [-0.4, -0.2) is 61.0 Å². The van der Waals surface area contributed by atoms with Crippen molar-refractivity contribution in [2.45, 2.75) is 24.9 Å². The molecule has 0 spiro atoms. The van der Waals surface area contributed by atoms with Crippen molar-refractivity contribution in [3.63, 3.8) is 0 Å². The van der Waals surface area contributed by atoms with Crippen LogP contribution < -0.4 is 5.32 Å². The highest BCUT2D eigenvalue weighted by molar-refractivity contribution is 5.95. The fourth-order valence-electron chi connectivity index (χ4n) is 4.87. The molecular weight excluding hydrogens is 530 g/mol. The summed E-state index contributed by atoms with van der Waals surface area (Å²) in [5.41, 5.74) is 3.30. The van der Waals surface area contributed by atoms with Gasteiger partial charge in [0.2, 0.25) is 5.91 Å². The number of nitrogens with zero attached hydrogens (tertiary/aromatic N) is 2. The molecule has 0 aliphatic heterocycles. The van der Waals surface area contributed by atoms with Gasteiger partial charge in [0.05, 0.1) is 31.8 Å². The molecule has 1 N–H and O–H groups in total. The molecule has 4 aromatic rings. The maximum Gasteiger partial charge on any atom is 0.329 e. The van der Waals surface area contributed by atoms with Gasteiger partial charge in [-0.15, -0.1) is 0 Å². The van der Waals surface area contributed by atoms with E-state index in [-0.39, 0.29) is 25.2 Å². The Balaban J connectivity index is 1.69. The van der Waals surface area contributed by atoms with Crippen LogP contribution in [0.5, 0.6) is 0 Å². The van der Waals surface area contributed by atoms with Gasteiger partial charge in [-0.2, -0.15) is 0 Å². The molecule has 8 nitrogen and oxygen atoms in total. The summed E-state index contributed by atoms with van der Waals surface area (Å²) in [6, 6.07) is 29.7. The fraction of sp³-hybridized carbons (Fsp3) is 0.265. The van der Waals surface area contributed by atoms with Gasteiger partial charge in [0.1, 0.15) is 18.2 Å². The predicted octanol–water partition coefficient (Wildman–Crippen LogP) is 4.53. The lowest BCUT2D eigenvalue weighted by atomic mass is 9.77. The summed E-state index contributed by atoms with van der Waals surface area (Å²) in [5, 5.41) is 2.75. The van der Waals surface area contributed by atoms with E-state index in [0.29, 0.717) is 18.9 Å². The first-order valence-electron chi connectivity index (χ1n) is 13.9. The molecule has 0 saturated carbocycles. The van der Waals surface area contributed by atoms with Gasteiger partial charge >= 0.3 is 5.97 Å². The van der Waals surface area contributed by atoms with Crippen molar-refractivity contribution in [1.82, 2.24) is 14.9 Å². The number of ether oxygens (including phenoxy) is 3. The number of amides is 1. The number of nitrogens with one attached hydrogen (secondary N) is 1. The Kier molecular flexibility index (Phi) is 10.8. The smallest absolute Gasteiger partial charge is 0.329 e. The van der Waals surface area contributed by atoms with Crippen LogP contribution in [0.15, 0.2) is 116 Å². The van der Waals surface area contributed by atoms with Crippen LogP contribution >= 0.6 is 0 Å². The number of aromatic nitrogens is 2. The molecule has 1 amide bonds. The Morgan fingerprint density at radius 3 is 1.88 bits per heavy atom. The van der Waals surface area contributed by atoms with Crippen molar-refractivity contribution in [3.05, 3.63) is 138 Å². The van der Waals surface area contributed by atoms with E-state index in [1.807, 2.05) is 60.8 Å². The van der Waals surface area contributed by atoms with Crippen molar-refractivity contribution >= 4 is 11.9 Å². The van der Waals surface area contributed by atoms with Gasteiger partial charge in [-0.1, -0.05) is 97.6 Å². The molecule has 0 aliphatic carbocycles. The van der Waals surface area contributed by atoms with Crippen LogP contribution in [0.2, 0.25) is 0 Å². The molecule has 0 aliphatic rings. The highest BCUT2D eigenvalue weighted by Crippen LogP contribution is 2.40. The maximum absolute atomic E-state index is 13.1. The first-order chi connectivity index (χ1) is 20.5. The number of hydrogen-bond acceptors (Lipinski definition) is 6. The number of hydrogen-bond donors (Lipinski definition) is 1. The Morgan fingerprint density at radius 2 is 1.38 bits per heavy atom. The SMILES string of the molecule is C=C(C)C(=O)NC(Cc1cn(C(c2ccccc2)(c2ccccc2)c2ccccc2)cn1)C(=O)OCCOCCOC. The van der Waals surface area contributed by atoms with Gasteiger partial charge in [0.15, 0.2) is 0 Å². The highest BCUT2D eigenvalue weighted by atomic mass is 16.6. The Bertz CT molecular complexity index is 1340. The molecule has 4 rings (SSSR count). The quantitative estimate of drug-likeness (QED) is 0.0982. The van der Waals surface area contributed by atoms with Crippen LogP contribution in [0.3, 0.4) is 0 Å². The number of esters is 1. The lowest BCUT2D eigenvalue weighted by Crippen LogP contribution is -2.44. The number of imidazole rings is 1. The molecule has 0 radical (unpaired) electrons. The number of benzene rings is 3. The summed E-state index contributed by atoms with van der Waals surface area (Å²) in [7, 11) is 1.59. The third-order valence-electron chi connectivity index (χ3n) is 6.89. The van der Waals surface area contributed by atoms with E-state index in [1.54, 1.807) is 20.4 Å². The van der Waals surface area contributed by atoms with Crippen LogP contribution in [0.1, 0.15) is 29.3 Å². The lowest BCUT2D eigenvalue weighted by Gasteiger charge is -2.37. The molecule has 1 aromatic heterocycles. The minimum atomic E-state index is -0.962. The van der Waals surface area contributed by atoms with E-state index in [1.165, 1.54) is 0 Å². The second kappa shape index (κ2) is 14.9. The molecule has 1 atom stereocenters. The zero-order valence-corrected chi connectivity index (χ0v) is 24.1. The van der Waals surface area contributed by atoms with E-state index in [0.717, 1.165) is 16.7 Å². The van der Waals surface area contributed by atoms with Gasteiger partial charge in [0, 0.05) is 25.3 Å². The Hall–Kier alpha value is -4.53. The monoisotopic (exact) mass is 567 g/mol. The van der Waals surface area contributed by atoms with Gasteiger partial charge in [-0.05, 0) is 23.6 Å². The van der Waals surface area contributed by atoms with Crippen LogP contribution in [-0.2, 0) is 35.8 Å². The fourth-order valence-corrected chi connectivity index (χ4v) is 4.87. The Labute approximate surface area is 247 Å². The van der Waals surface area contributed by atoms with Gasteiger partial charge in [-0.3, -0.25) is 4.79 Å². The molecule has 8 heteroatoms. The summed E-state index contributed by atoms with van der Waals surface area (Å²) in [6.07, 6.45) is 3.83. The first kappa shape index (κ1) is 30.4. The molecule has 218 valence electrons. The second-order valence-corrected chi connectivity index (χ2v) is 9.86. The first-order valence-corrected chi connectivity index (χ1v) is 13.9. The van der Waals surface area contributed by atoms with Gasteiger partial charge in [0.25, 0.3) is 0 Å². The van der Waals surface area contributed by atoms with Crippen LogP contribution in [0.25, 0.3) is 0 Å². The minimum Gasteiger partial charge on any atom is -0.462 e. The Morgan fingerprint density at radius 1 is 0.857 bits per heavy atom. The maximum atomic E-state index is 13.1. The zero-order valence-electron chi connectivity index (χ0n) is 24.1. The average molecular weight is 568 g/mol. The molecule has 42 heavy (non-hydrogen) atoms. The molecule has 3 aromatic carbocycles. The minimum absolute atomic E-state index is 0.0512.